The molecule has 0 aliphatic rings. The highest BCUT2D eigenvalue weighted by molar-refractivity contribution is 5.91. The average molecular weight is 326 g/mol. The van der Waals surface area contributed by atoms with Crippen molar-refractivity contribution in [3.05, 3.63) is 59.2 Å². The number of benzene rings is 2. The summed E-state index contributed by atoms with van der Waals surface area (Å²) in [7, 11) is 1.65. The van der Waals surface area contributed by atoms with Gasteiger partial charge in [-0.1, -0.05) is 44.2 Å². The van der Waals surface area contributed by atoms with Gasteiger partial charge in [0.1, 0.15) is 5.75 Å². The highest BCUT2D eigenvalue weighted by Gasteiger charge is 2.21. The minimum atomic E-state index is -0.186. The van der Waals surface area contributed by atoms with Crippen LogP contribution >= 0.6 is 0 Å². The van der Waals surface area contributed by atoms with Gasteiger partial charge in [0.05, 0.1) is 7.11 Å². The Morgan fingerprint density at radius 3 is 2.17 bits per heavy atom. The molecule has 0 unspecified atom stereocenters. The lowest BCUT2D eigenvalue weighted by Crippen LogP contribution is -2.39. The van der Waals surface area contributed by atoms with Gasteiger partial charge in [-0.05, 0) is 42.7 Å². The Hall–Kier alpha value is -2.49. The number of para-hydroxylation sites is 1. The molecule has 0 atom stereocenters. The molecule has 4 heteroatoms. The summed E-state index contributed by atoms with van der Waals surface area (Å²) < 4.78 is 5.19. The lowest BCUT2D eigenvalue weighted by atomic mass is 9.84. The number of aryl methyl sites for hydroxylation is 2. The Morgan fingerprint density at radius 2 is 1.62 bits per heavy atom. The van der Waals surface area contributed by atoms with E-state index in [1.165, 1.54) is 0 Å². The number of hydrogen-bond acceptors (Lipinski definition) is 2. The molecule has 0 spiro atoms. The lowest BCUT2D eigenvalue weighted by Gasteiger charge is -2.26. The highest BCUT2D eigenvalue weighted by Crippen LogP contribution is 2.25. The summed E-state index contributed by atoms with van der Waals surface area (Å²) >= 11 is 0. The van der Waals surface area contributed by atoms with Gasteiger partial charge in [0.2, 0.25) is 0 Å². The van der Waals surface area contributed by atoms with Crippen molar-refractivity contribution < 1.29 is 9.53 Å². The zero-order chi connectivity index (χ0) is 17.7. The fraction of sp³-hybridized carbons (Fsp3) is 0.350. The molecule has 0 saturated carbocycles. The number of methoxy groups -OCH3 is 1. The SMILES string of the molecule is COc1ccc(C(C)(C)CNC(=O)Nc2c(C)cccc2C)cc1. The molecule has 2 N–H and O–H groups in total. The molecule has 24 heavy (non-hydrogen) atoms. The molecule has 0 saturated heterocycles. The molecule has 0 radical (unpaired) electrons. The summed E-state index contributed by atoms with van der Waals surface area (Å²) in [4.78, 5) is 12.3. The van der Waals surface area contributed by atoms with E-state index in [1.807, 2.05) is 56.3 Å². The first-order chi connectivity index (χ1) is 11.3. The molecule has 2 rings (SSSR count). The van der Waals surface area contributed by atoms with E-state index in [2.05, 4.69) is 24.5 Å². The monoisotopic (exact) mass is 326 g/mol. The van der Waals surface area contributed by atoms with Crippen LogP contribution in [0.25, 0.3) is 0 Å². The van der Waals surface area contributed by atoms with Crippen molar-refractivity contribution in [3.63, 3.8) is 0 Å². The molecule has 0 heterocycles. The number of hydrogen-bond donors (Lipinski definition) is 2. The Balaban J connectivity index is 1.99. The van der Waals surface area contributed by atoms with Gasteiger partial charge in [0.15, 0.2) is 0 Å². The summed E-state index contributed by atoms with van der Waals surface area (Å²) in [6.07, 6.45) is 0. The van der Waals surface area contributed by atoms with Crippen LogP contribution in [0.5, 0.6) is 5.75 Å². The minimum Gasteiger partial charge on any atom is -0.497 e. The largest absolute Gasteiger partial charge is 0.497 e. The normalized spacial score (nSPS) is 11.0. The lowest BCUT2D eigenvalue weighted by molar-refractivity contribution is 0.249. The predicted molar refractivity (Wildman–Crippen MR) is 99.0 cm³/mol. The van der Waals surface area contributed by atoms with Crippen molar-refractivity contribution in [2.75, 3.05) is 19.0 Å². The summed E-state index contributed by atoms with van der Waals surface area (Å²) in [6, 6.07) is 13.7. The van der Waals surface area contributed by atoms with Crippen LogP contribution in [-0.2, 0) is 5.41 Å². The van der Waals surface area contributed by atoms with Crippen LogP contribution in [0.15, 0.2) is 42.5 Å². The van der Waals surface area contributed by atoms with E-state index in [0.717, 1.165) is 28.1 Å². The van der Waals surface area contributed by atoms with Gasteiger partial charge < -0.3 is 15.4 Å². The molecular formula is C20H26N2O2. The first-order valence-electron chi connectivity index (χ1n) is 8.09. The van der Waals surface area contributed by atoms with E-state index < -0.39 is 0 Å². The van der Waals surface area contributed by atoms with Gasteiger partial charge in [-0.25, -0.2) is 4.79 Å². The van der Waals surface area contributed by atoms with E-state index in [4.69, 9.17) is 4.74 Å². The molecule has 0 fully saturated rings. The van der Waals surface area contributed by atoms with Crippen molar-refractivity contribution in [2.24, 2.45) is 0 Å². The molecule has 128 valence electrons. The van der Waals surface area contributed by atoms with Crippen LogP contribution < -0.4 is 15.4 Å². The van der Waals surface area contributed by atoms with Crippen LogP contribution in [0.1, 0.15) is 30.5 Å². The molecule has 0 aliphatic carbocycles. The van der Waals surface area contributed by atoms with Crippen molar-refractivity contribution in [1.82, 2.24) is 5.32 Å². The highest BCUT2D eigenvalue weighted by atomic mass is 16.5. The third kappa shape index (κ3) is 4.28. The molecule has 2 aromatic rings. The maximum Gasteiger partial charge on any atom is 0.319 e. The minimum absolute atomic E-state index is 0.176. The molecule has 2 amide bonds. The number of urea groups is 1. The zero-order valence-corrected chi connectivity index (χ0v) is 15.1. The van der Waals surface area contributed by atoms with Gasteiger partial charge in [-0.3, -0.25) is 0 Å². The topological polar surface area (TPSA) is 50.4 Å². The summed E-state index contributed by atoms with van der Waals surface area (Å²) in [6.45, 7) is 8.73. The van der Waals surface area contributed by atoms with E-state index in [0.29, 0.717) is 6.54 Å². The maximum atomic E-state index is 12.3. The summed E-state index contributed by atoms with van der Waals surface area (Å²) in [5.74, 6) is 0.829. The molecule has 0 aliphatic heterocycles. The first kappa shape index (κ1) is 17.9. The Bertz CT molecular complexity index is 686. The Morgan fingerprint density at radius 1 is 1.04 bits per heavy atom. The summed E-state index contributed by atoms with van der Waals surface area (Å²) in [5.41, 5.74) is 3.96. The molecule has 4 nitrogen and oxygen atoms in total. The predicted octanol–water partition coefficient (Wildman–Crippen LogP) is 4.41. The first-order valence-corrected chi connectivity index (χ1v) is 8.09. The molecular weight excluding hydrogens is 300 g/mol. The molecule has 0 bridgehead atoms. The van der Waals surface area contributed by atoms with Crippen LogP contribution in [0.2, 0.25) is 0 Å². The fourth-order valence-corrected chi connectivity index (χ4v) is 2.61. The maximum absolute atomic E-state index is 12.3. The van der Waals surface area contributed by atoms with Gasteiger partial charge in [-0.2, -0.15) is 0 Å². The Kier molecular flexibility index (Phi) is 5.50. The smallest absolute Gasteiger partial charge is 0.319 e. The number of rotatable bonds is 5. The van der Waals surface area contributed by atoms with E-state index in [1.54, 1.807) is 7.11 Å². The van der Waals surface area contributed by atoms with Crippen molar-refractivity contribution in [1.29, 1.82) is 0 Å². The van der Waals surface area contributed by atoms with Gasteiger partial charge in [-0.15, -0.1) is 0 Å². The average Bonchev–Trinajstić information content (AvgIpc) is 2.56. The van der Waals surface area contributed by atoms with E-state index in [-0.39, 0.29) is 11.4 Å². The fourth-order valence-electron chi connectivity index (χ4n) is 2.61. The molecule has 2 aromatic carbocycles. The van der Waals surface area contributed by atoms with Crippen LogP contribution in [0.4, 0.5) is 10.5 Å². The number of carbonyl (C=O) groups excluding carboxylic acids is 1. The number of carbonyl (C=O) groups is 1. The van der Waals surface area contributed by atoms with Crippen LogP contribution in [-0.4, -0.2) is 19.7 Å². The van der Waals surface area contributed by atoms with Gasteiger partial charge in [0, 0.05) is 17.6 Å². The number of ether oxygens (including phenoxy) is 1. The number of nitrogens with one attached hydrogen (secondary N) is 2. The third-order valence-electron chi connectivity index (χ3n) is 4.28. The molecule has 0 aromatic heterocycles. The Labute approximate surface area is 144 Å². The van der Waals surface area contributed by atoms with Crippen molar-refractivity contribution in [3.8, 4) is 5.75 Å². The van der Waals surface area contributed by atoms with Crippen LogP contribution in [0.3, 0.4) is 0 Å². The number of amides is 2. The van der Waals surface area contributed by atoms with Gasteiger partial charge >= 0.3 is 6.03 Å². The standard InChI is InChI=1S/C20H26N2O2/c1-14-7-6-8-15(2)18(14)22-19(23)21-13-20(3,4)16-9-11-17(24-5)12-10-16/h6-12H,13H2,1-5H3,(H2,21,22,23). The van der Waals surface area contributed by atoms with E-state index in [9.17, 15) is 4.79 Å². The summed E-state index contributed by atoms with van der Waals surface area (Å²) in [5, 5.41) is 5.92. The second-order valence-electron chi connectivity index (χ2n) is 6.69. The van der Waals surface area contributed by atoms with E-state index >= 15 is 0 Å². The quantitative estimate of drug-likeness (QED) is 0.855. The second-order valence-corrected chi connectivity index (χ2v) is 6.69. The third-order valence-corrected chi connectivity index (χ3v) is 4.28. The second kappa shape index (κ2) is 7.39. The van der Waals surface area contributed by atoms with Crippen LogP contribution in [0, 0.1) is 13.8 Å². The zero-order valence-electron chi connectivity index (χ0n) is 15.1. The number of anilines is 1. The van der Waals surface area contributed by atoms with Crippen molar-refractivity contribution >= 4 is 11.7 Å². The van der Waals surface area contributed by atoms with Gasteiger partial charge in [0.25, 0.3) is 0 Å². The van der Waals surface area contributed by atoms with Crippen molar-refractivity contribution in [2.45, 2.75) is 33.1 Å².